The maximum Gasteiger partial charge on any atom is 0.218 e. The van der Waals surface area contributed by atoms with E-state index in [4.69, 9.17) is 0 Å². The van der Waals surface area contributed by atoms with Crippen LogP contribution in [-0.2, 0) is 5.41 Å². The van der Waals surface area contributed by atoms with Gasteiger partial charge < -0.3 is 0 Å². The van der Waals surface area contributed by atoms with Crippen molar-refractivity contribution in [1.82, 2.24) is 4.58 Å². The number of benzene rings is 3. The standard InChI is InChI=1S/C38H48N/c1-25-21-27(3)35(28(4)22-25)36(29-17-20-33(26(2)23-29)38(8,9)10)32-19-18-30(37(5,6)7)24-34(32)39(11)31-15-13-12-14-16-31/h12-22,24,26,33H,11,23H2,1-10H3/q+1/b36-29+. The van der Waals surface area contributed by atoms with Crippen LogP contribution in [0.2, 0.25) is 0 Å². The normalized spacial score (nSPS) is 19.2. The molecule has 0 saturated carbocycles. The van der Waals surface area contributed by atoms with Gasteiger partial charge in [0.05, 0.1) is 5.56 Å². The van der Waals surface area contributed by atoms with E-state index in [1.165, 1.54) is 44.5 Å². The van der Waals surface area contributed by atoms with Gasteiger partial charge in [-0.15, -0.1) is 0 Å². The molecule has 0 bridgehead atoms. The molecule has 0 saturated heterocycles. The molecule has 2 unspecified atom stereocenters. The molecule has 0 fully saturated rings. The summed E-state index contributed by atoms with van der Waals surface area (Å²) in [6.45, 7) is 27.7. The van der Waals surface area contributed by atoms with Crippen LogP contribution in [0.15, 0.2) is 78.4 Å². The van der Waals surface area contributed by atoms with Crippen molar-refractivity contribution in [2.75, 3.05) is 0 Å². The number of allylic oxidation sites excluding steroid dienone is 3. The SMILES string of the molecule is C=[N+](c1ccccc1)c1cc(C(C)(C)C)ccc1/C(=C1/C=CC(C(C)(C)C)C(C)C1)c1c(C)cc(C)cc1C. The van der Waals surface area contributed by atoms with Gasteiger partial charge in [-0.25, -0.2) is 0 Å². The van der Waals surface area contributed by atoms with Crippen LogP contribution in [0.1, 0.15) is 88.3 Å². The first kappa shape index (κ1) is 28.8. The molecule has 0 aromatic heterocycles. The lowest BCUT2D eigenvalue weighted by Gasteiger charge is -2.37. The zero-order chi connectivity index (χ0) is 28.7. The zero-order valence-corrected chi connectivity index (χ0v) is 25.9. The van der Waals surface area contributed by atoms with E-state index >= 15 is 0 Å². The highest BCUT2D eigenvalue weighted by Gasteiger charge is 2.33. The first-order valence-electron chi connectivity index (χ1n) is 14.5. The van der Waals surface area contributed by atoms with Gasteiger partial charge in [0.15, 0.2) is 0 Å². The van der Waals surface area contributed by atoms with Crippen molar-refractivity contribution >= 4 is 23.7 Å². The lowest BCUT2D eigenvalue weighted by Crippen LogP contribution is -2.27. The molecule has 204 valence electrons. The summed E-state index contributed by atoms with van der Waals surface area (Å²) in [5.41, 5.74) is 13.2. The lowest BCUT2D eigenvalue weighted by atomic mass is 9.68. The van der Waals surface area contributed by atoms with Gasteiger partial charge in [-0.05, 0) is 89.3 Å². The van der Waals surface area contributed by atoms with Crippen molar-refractivity contribution < 1.29 is 0 Å². The molecule has 3 aromatic carbocycles. The Bertz CT molecular complexity index is 1410. The summed E-state index contributed by atoms with van der Waals surface area (Å²) in [5, 5.41) is 0. The smallest absolute Gasteiger partial charge is 0.167 e. The molecule has 0 N–H and O–H groups in total. The Hall–Kier alpha value is -3.19. The number of aryl methyl sites for hydroxylation is 3. The van der Waals surface area contributed by atoms with E-state index in [0.29, 0.717) is 11.8 Å². The minimum absolute atomic E-state index is 0.0347. The van der Waals surface area contributed by atoms with Crippen molar-refractivity contribution in [2.24, 2.45) is 17.3 Å². The van der Waals surface area contributed by atoms with E-state index in [1.807, 2.05) is 0 Å². The maximum atomic E-state index is 4.59. The summed E-state index contributed by atoms with van der Waals surface area (Å²) in [6, 6.07) is 22.2. The lowest BCUT2D eigenvalue weighted by molar-refractivity contribution is 0.213. The van der Waals surface area contributed by atoms with E-state index in [-0.39, 0.29) is 10.8 Å². The van der Waals surface area contributed by atoms with Gasteiger partial charge >= 0.3 is 0 Å². The highest BCUT2D eigenvalue weighted by molar-refractivity contribution is 5.92. The number of para-hydroxylation sites is 1. The van der Waals surface area contributed by atoms with Crippen LogP contribution in [0.3, 0.4) is 0 Å². The summed E-state index contributed by atoms with van der Waals surface area (Å²) in [4.78, 5) is 0. The molecule has 1 heteroatoms. The number of hydrogen-bond donors (Lipinski definition) is 0. The Balaban J connectivity index is 2.07. The summed E-state index contributed by atoms with van der Waals surface area (Å²) in [6.07, 6.45) is 5.97. The van der Waals surface area contributed by atoms with E-state index < -0.39 is 0 Å². The second-order valence-corrected chi connectivity index (χ2v) is 13.9. The van der Waals surface area contributed by atoms with Crippen molar-refractivity contribution in [3.8, 4) is 0 Å². The molecule has 0 heterocycles. The molecule has 0 amide bonds. The van der Waals surface area contributed by atoms with Gasteiger partial charge in [0, 0.05) is 18.2 Å². The third-order valence-electron chi connectivity index (χ3n) is 8.40. The van der Waals surface area contributed by atoms with E-state index in [2.05, 4.69) is 153 Å². The van der Waals surface area contributed by atoms with Gasteiger partial charge in [0.25, 0.3) is 0 Å². The highest BCUT2D eigenvalue weighted by atomic mass is 15.0. The maximum absolute atomic E-state index is 4.59. The molecule has 39 heavy (non-hydrogen) atoms. The fourth-order valence-electron chi connectivity index (χ4n) is 6.50. The molecule has 0 radical (unpaired) electrons. The fraction of sp³-hybridized carbons (Fsp3) is 0.395. The van der Waals surface area contributed by atoms with Crippen molar-refractivity contribution in [2.45, 2.75) is 81.1 Å². The molecule has 0 spiro atoms. The highest BCUT2D eigenvalue weighted by Crippen LogP contribution is 2.46. The first-order valence-corrected chi connectivity index (χ1v) is 14.5. The van der Waals surface area contributed by atoms with Crippen molar-refractivity contribution in [1.29, 1.82) is 0 Å². The molecule has 1 aliphatic carbocycles. The number of hydrogen-bond acceptors (Lipinski definition) is 0. The molecule has 1 aliphatic rings. The Kier molecular flexibility index (Phi) is 7.95. The van der Waals surface area contributed by atoms with E-state index in [1.54, 1.807) is 0 Å². The predicted octanol–water partition coefficient (Wildman–Crippen LogP) is 10.5. The summed E-state index contributed by atoms with van der Waals surface area (Å²) in [7, 11) is 0. The van der Waals surface area contributed by atoms with Crippen LogP contribution in [0, 0.1) is 38.0 Å². The minimum Gasteiger partial charge on any atom is -0.167 e. The van der Waals surface area contributed by atoms with Crippen LogP contribution < -0.4 is 4.58 Å². The zero-order valence-electron chi connectivity index (χ0n) is 25.9. The second-order valence-electron chi connectivity index (χ2n) is 13.9. The monoisotopic (exact) mass is 518 g/mol. The van der Waals surface area contributed by atoms with Crippen LogP contribution in [-0.4, -0.2) is 6.72 Å². The summed E-state index contributed by atoms with van der Waals surface area (Å²) < 4.78 is 2.12. The van der Waals surface area contributed by atoms with E-state index in [0.717, 1.165) is 17.8 Å². The van der Waals surface area contributed by atoms with Gasteiger partial charge in [0.1, 0.15) is 6.72 Å². The Morgan fingerprint density at radius 1 is 0.846 bits per heavy atom. The number of nitrogens with zero attached hydrogens (tertiary/aromatic N) is 1. The van der Waals surface area contributed by atoms with Crippen LogP contribution in [0.5, 0.6) is 0 Å². The summed E-state index contributed by atoms with van der Waals surface area (Å²) >= 11 is 0. The van der Waals surface area contributed by atoms with Gasteiger partial charge in [0.2, 0.25) is 11.4 Å². The van der Waals surface area contributed by atoms with Gasteiger partial charge in [-0.2, -0.15) is 4.58 Å². The predicted molar refractivity (Wildman–Crippen MR) is 173 cm³/mol. The molecular weight excluding hydrogens is 470 g/mol. The average Bonchev–Trinajstić information content (AvgIpc) is 2.84. The Morgan fingerprint density at radius 3 is 2.00 bits per heavy atom. The van der Waals surface area contributed by atoms with E-state index in [9.17, 15) is 0 Å². The molecule has 1 nitrogen and oxygen atoms in total. The molecule has 0 aliphatic heterocycles. The van der Waals surface area contributed by atoms with Crippen LogP contribution in [0.4, 0.5) is 11.4 Å². The Labute approximate surface area is 238 Å². The topological polar surface area (TPSA) is 3.01 Å². The van der Waals surface area contributed by atoms with Crippen molar-refractivity contribution in [3.05, 3.63) is 112 Å². The molecule has 4 rings (SSSR count). The molecule has 2 atom stereocenters. The minimum atomic E-state index is 0.0347. The average molecular weight is 519 g/mol. The first-order chi connectivity index (χ1) is 18.2. The molecule has 3 aromatic rings. The third kappa shape index (κ3) is 6.03. The quantitative estimate of drug-likeness (QED) is 0.239. The van der Waals surface area contributed by atoms with Crippen LogP contribution >= 0.6 is 0 Å². The van der Waals surface area contributed by atoms with Crippen molar-refractivity contribution in [3.63, 3.8) is 0 Å². The van der Waals surface area contributed by atoms with Gasteiger partial charge in [-0.1, -0.05) is 103 Å². The third-order valence-corrected chi connectivity index (χ3v) is 8.40. The summed E-state index contributed by atoms with van der Waals surface area (Å²) in [5.74, 6) is 1.12. The largest absolute Gasteiger partial charge is 0.218 e. The Morgan fingerprint density at radius 2 is 1.46 bits per heavy atom. The number of rotatable bonds is 4. The fourth-order valence-corrected chi connectivity index (χ4v) is 6.50. The molecular formula is C38H48N+. The second kappa shape index (κ2) is 10.8. The van der Waals surface area contributed by atoms with Crippen LogP contribution in [0.25, 0.3) is 5.57 Å². The van der Waals surface area contributed by atoms with Gasteiger partial charge in [-0.3, -0.25) is 0 Å².